The lowest BCUT2D eigenvalue weighted by Gasteiger charge is -2.22. The van der Waals surface area contributed by atoms with Crippen LogP contribution in [0.4, 0.5) is 0 Å². The number of nitriles is 1. The van der Waals surface area contributed by atoms with Gasteiger partial charge in [-0.05, 0) is 31.2 Å². The number of rotatable bonds is 3. The first kappa shape index (κ1) is 16.2. The second-order valence-electron chi connectivity index (χ2n) is 5.92. The van der Waals surface area contributed by atoms with Gasteiger partial charge in [0.25, 0.3) is 0 Å². The number of aromatic amines is 1. The third-order valence-electron chi connectivity index (χ3n) is 4.34. The molecule has 0 aliphatic carbocycles. The van der Waals surface area contributed by atoms with Crippen LogP contribution in [0.3, 0.4) is 0 Å². The molecule has 1 aliphatic rings. The molecule has 7 heteroatoms. The minimum Gasteiger partial charge on any atom is -0.497 e. The van der Waals surface area contributed by atoms with Gasteiger partial charge >= 0.3 is 0 Å². The average molecular weight is 364 g/mol. The lowest BCUT2D eigenvalue weighted by molar-refractivity contribution is 0.379. The molecule has 0 fully saturated rings. The number of methoxy groups -OCH3 is 1. The number of aromatic nitrogens is 2. The fourth-order valence-corrected chi connectivity index (χ4v) is 4.13. The molecular weight excluding hydrogens is 348 g/mol. The maximum atomic E-state index is 9.69. The van der Waals surface area contributed by atoms with E-state index in [9.17, 15) is 5.26 Å². The maximum Gasteiger partial charge on any atom is 0.244 e. The van der Waals surface area contributed by atoms with E-state index < -0.39 is 0 Å². The number of hydrogen-bond donors (Lipinski definition) is 2. The van der Waals surface area contributed by atoms with Crippen LogP contribution < -0.4 is 15.2 Å². The summed E-state index contributed by atoms with van der Waals surface area (Å²) in [6.07, 6.45) is 0. The van der Waals surface area contributed by atoms with Crippen LogP contribution in [0.15, 0.2) is 47.9 Å². The molecule has 0 saturated heterocycles. The van der Waals surface area contributed by atoms with Gasteiger partial charge in [0.05, 0.1) is 24.3 Å². The highest BCUT2D eigenvalue weighted by Crippen LogP contribution is 2.47. The van der Waals surface area contributed by atoms with E-state index in [0.29, 0.717) is 11.5 Å². The Hall–Kier alpha value is -3.24. The molecule has 130 valence electrons. The van der Waals surface area contributed by atoms with Crippen molar-refractivity contribution in [3.63, 3.8) is 0 Å². The van der Waals surface area contributed by atoms with Crippen molar-refractivity contribution in [1.82, 2.24) is 10.2 Å². The summed E-state index contributed by atoms with van der Waals surface area (Å²) in [5, 5.41) is 17.0. The van der Waals surface area contributed by atoms with Gasteiger partial charge in [0.15, 0.2) is 0 Å². The average Bonchev–Trinajstić information content (AvgIpc) is 3.26. The van der Waals surface area contributed by atoms with Gasteiger partial charge in [0.2, 0.25) is 11.8 Å². The Labute approximate surface area is 154 Å². The van der Waals surface area contributed by atoms with Gasteiger partial charge < -0.3 is 15.2 Å². The van der Waals surface area contributed by atoms with Gasteiger partial charge in [0, 0.05) is 15.3 Å². The topological polar surface area (TPSA) is 97.0 Å². The molecule has 0 unspecified atom stereocenters. The molecule has 26 heavy (non-hydrogen) atoms. The summed E-state index contributed by atoms with van der Waals surface area (Å²) in [4.78, 5) is 2.19. The summed E-state index contributed by atoms with van der Waals surface area (Å²) in [5.74, 6) is 0.916. The number of H-pyrrole nitrogens is 1. The van der Waals surface area contributed by atoms with E-state index in [4.69, 9.17) is 15.2 Å². The standard InChI is InChI=1S/C19H16N4O2S/c1-10-6-7-14(26-10)15-13(9-20)18(21)25-19-16(15)17(22-23-19)11-4-3-5-12(8-11)24-2/h3-8,15H,21H2,1-2H3,(H,22,23)/t15-/m1/s1. The predicted octanol–water partition coefficient (Wildman–Crippen LogP) is 3.67. The summed E-state index contributed by atoms with van der Waals surface area (Å²) in [7, 11) is 1.62. The molecule has 4 rings (SSSR count). The first-order chi connectivity index (χ1) is 12.6. The lowest BCUT2D eigenvalue weighted by atomic mass is 9.87. The SMILES string of the molecule is COc1cccc(-c2[nH]nc3c2[C@@H](c2ccc(C)s2)C(C#N)=C(N)O3)c1. The molecule has 0 radical (unpaired) electrons. The summed E-state index contributed by atoms with van der Waals surface area (Å²) in [6.45, 7) is 2.03. The highest BCUT2D eigenvalue weighted by Gasteiger charge is 2.36. The van der Waals surface area contributed by atoms with Crippen molar-refractivity contribution in [3.05, 3.63) is 63.2 Å². The largest absolute Gasteiger partial charge is 0.497 e. The van der Waals surface area contributed by atoms with E-state index in [1.54, 1.807) is 18.4 Å². The lowest BCUT2D eigenvalue weighted by Crippen LogP contribution is -2.20. The molecule has 0 saturated carbocycles. The monoisotopic (exact) mass is 364 g/mol. The number of nitrogens with zero attached hydrogens (tertiary/aromatic N) is 2. The number of nitrogens with two attached hydrogens (primary N) is 1. The molecule has 6 nitrogen and oxygen atoms in total. The van der Waals surface area contributed by atoms with Crippen LogP contribution in [0.1, 0.15) is 21.2 Å². The van der Waals surface area contributed by atoms with Gasteiger partial charge in [-0.15, -0.1) is 16.4 Å². The van der Waals surface area contributed by atoms with Crippen LogP contribution in [0.2, 0.25) is 0 Å². The Morgan fingerprint density at radius 3 is 2.88 bits per heavy atom. The zero-order valence-electron chi connectivity index (χ0n) is 14.2. The van der Waals surface area contributed by atoms with Crippen LogP contribution >= 0.6 is 11.3 Å². The number of nitrogens with one attached hydrogen (secondary N) is 1. The molecule has 3 aromatic rings. The number of fused-ring (bicyclic) bond motifs is 1. The number of aryl methyl sites for hydroxylation is 1. The number of benzene rings is 1. The van der Waals surface area contributed by atoms with Crippen molar-refractivity contribution in [1.29, 1.82) is 5.26 Å². The summed E-state index contributed by atoms with van der Waals surface area (Å²) < 4.78 is 10.9. The molecule has 0 spiro atoms. The van der Waals surface area contributed by atoms with Crippen molar-refractivity contribution < 1.29 is 9.47 Å². The Morgan fingerprint density at radius 1 is 1.35 bits per heavy atom. The van der Waals surface area contributed by atoms with Gasteiger partial charge in [-0.25, -0.2) is 0 Å². The fourth-order valence-electron chi connectivity index (χ4n) is 3.14. The van der Waals surface area contributed by atoms with E-state index in [2.05, 4.69) is 16.3 Å². The molecule has 3 N–H and O–H groups in total. The molecule has 2 aromatic heterocycles. The molecule has 1 aromatic carbocycles. The zero-order valence-corrected chi connectivity index (χ0v) is 15.1. The van der Waals surface area contributed by atoms with Crippen molar-refractivity contribution in [2.75, 3.05) is 7.11 Å². The molecule has 3 heterocycles. The summed E-state index contributed by atoms with van der Waals surface area (Å²) >= 11 is 1.63. The van der Waals surface area contributed by atoms with Crippen LogP contribution in [-0.2, 0) is 0 Å². The number of ether oxygens (including phenoxy) is 2. The third-order valence-corrected chi connectivity index (χ3v) is 5.41. The molecular formula is C19H16N4O2S. The quantitative estimate of drug-likeness (QED) is 0.739. The predicted molar refractivity (Wildman–Crippen MR) is 98.9 cm³/mol. The van der Waals surface area contributed by atoms with Crippen molar-refractivity contribution in [2.45, 2.75) is 12.8 Å². The normalized spacial score (nSPS) is 16.0. The van der Waals surface area contributed by atoms with Crippen molar-refractivity contribution >= 4 is 11.3 Å². The highest BCUT2D eigenvalue weighted by atomic mass is 32.1. The number of thiophene rings is 1. The number of hydrogen-bond acceptors (Lipinski definition) is 6. The maximum absolute atomic E-state index is 9.69. The highest BCUT2D eigenvalue weighted by molar-refractivity contribution is 7.12. The molecule has 1 atom stereocenters. The Kier molecular flexibility index (Phi) is 3.90. The minimum absolute atomic E-state index is 0.0970. The van der Waals surface area contributed by atoms with Crippen LogP contribution in [0.25, 0.3) is 11.3 Å². The van der Waals surface area contributed by atoms with E-state index in [-0.39, 0.29) is 11.8 Å². The third kappa shape index (κ3) is 2.52. The van der Waals surface area contributed by atoms with E-state index in [1.165, 1.54) is 0 Å². The number of allylic oxidation sites excluding steroid dienone is 1. The Bertz CT molecular complexity index is 1060. The van der Waals surface area contributed by atoms with E-state index >= 15 is 0 Å². The van der Waals surface area contributed by atoms with Gasteiger partial charge in [-0.3, -0.25) is 5.10 Å². The first-order valence-corrected chi connectivity index (χ1v) is 8.80. The summed E-state index contributed by atoms with van der Waals surface area (Å²) in [5.41, 5.74) is 8.89. The van der Waals surface area contributed by atoms with Gasteiger partial charge in [0.1, 0.15) is 17.4 Å². The van der Waals surface area contributed by atoms with Gasteiger partial charge in [-0.2, -0.15) is 5.26 Å². The second kappa shape index (κ2) is 6.24. The Balaban J connectivity index is 1.93. The minimum atomic E-state index is -0.317. The van der Waals surface area contributed by atoms with E-state index in [1.807, 2.05) is 43.3 Å². The van der Waals surface area contributed by atoms with Gasteiger partial charge in [-0.1, -0.05) is 12.1 Å². The van der Waals surface area contributed by atoms with Crippen molar-refractivity contribution in [2.24, 2.45) is 5.73 Å². The zero-order chi connectivity index (χ0) is 18.3. The summed E-state index contributed by atoms with van der Waals surface area (Å²) in [6, 6.07) is 13.9. The molecule has 1 aliphatic heterocycles. The van der Waals surface area contributed by atoms with Crippen LogP contribution in [-0.4, -0.2) is 17.3 Å². The van der Waals surface area contributed by atoms with Crippen LogP contribution in [0.5, 0.6) is 11.6 Å². The van der Waals surface area contributed by atoms with E-state index in [0.717, 1.165) is 32.3 Å². The fraction of sp³-hybridized carbons (Fsp3) is 0.158. The Morgan fingerprint density at radius 2 is 2.19 bits per heavy atom. The smallest absolute Gasteiger partial charge is 0.244 e. The van der Waals surface area contributed by atoms with Crippen LogP contribution in [0, 0.1) is 18.3 Å². The van der Waals surface area contributed by atoms with Crippen molar-refractivity contribution in [3.8, 4) is 29.0 Å². The second-order valence-corrected chi connectivity index (χ2v) is 7.24. The molecule has 0 amide bonds. The molecule has 0 bridgehead atoms. The first-order valence-electron chi connectivity index (χ1n) is 7.99.